The van der Waals surface area contributed by atoms with E-state index >= 15 is 0 Å². The summed E-state index contributed by atoms with van der Waals surface area (Å²) in [4.78, 5) is 42.1. The quantitative estimate of drug-likeness (QED) is 0.279. The topological polar surface area (TPSA) is 116 Å². The molecule has 4 aliphatic rings. The lowest BCUT2D eigenvalue weighted by atomic mass is 9.77. The summed E-state index contributed by atoms with van der Waals surface area (Å²) in [7, 11) is 3.24. The number of ether oxygens (including phenoxy) is 2. The lowest BCUT2D eigenvalue weighted by Crippen LogP contribution is -2.45. The Balaban J connectivity index is 1.19. The first kappa shape index (κ1) is 30.9. The lowest BCUT2D eigenvalue weighted by Gasteiger charge is -2.30. The summed E-state index contributed by atoms with van der Waals surface area (Å²) in [5.74, 6) is -0.0890. The number of carbonyl (C=O) groups is 3. The van der Waals surface area contributed by atoms with Gasteiger partial charge in [0, 0.05) is 10.9 Å². The number of hydrogen-bond donors (Lipinski definition) is 0. The molecule has 0 radical (unpaired) electrons. The number of methoxy groups -OCH3 is 2. The molecule has 1 saturated carbocycles. The molecule has 13 heteroatoms. The van der Waals surface area contributed by atoms with Crippen LogP contribution in [0.4, 0.5) is 5.69 Å². The van der Waals surface area contributed by atoms with Gasteiger partial charge in [0.05, 0.1) is 36.7 Å². The Morgan fingerprint density at radius 3 is 2.32 bits per heavy atom. The minimum absolute atomic E-state index is 0.0456. The molecule has 1 saturated heterocycles. The van der Waals surface area contributed by atoms with Crippen LogP contribution in [0.25, 0.3) is 6.08 Å². The predicted molar refractivity (Wildman–Crippen MR) is 176 cm³/mol. The first-order valence-electron chi connectivity index (χ1n) is 15.2. The highest BCUT2D eigenvalue weighted by atomic mass is 35.5. The highest BCUT2D eigenvalue weighted by molar-refractivity contribution is 6.38. The molecule has 0 N–H and O–H groups in total. The van der Waals surface area contributed by atoms with Crippen LogP contribution < -0.4 is 14.4 Å². The minimum atomic E-state index is -1.09. The molecule has 7 rings (SSSR count). The molecule has 2 fully saturated rings. The number of rotatable bonds is 7. The highest BCUT2D eigenvalue weighted by Crippen LogP contribution is 2.45. The standard InChI is InChI=1S/C34H30Cl2N6O5/c1-46-23-11-6-19(7-12-23)16-21-4-3-5-25-29(21)38-42(31(25)20-8-13-24(47-2)14-9-20)28(43)18-40-32-30(37-39-40)33(44)41(34(32)45)27-15-10-22(35)17-26(27)36/h6-17,25,30-32H,3-5,18H2,1-2H3/b21-16+. The van der Waals surface area contributed by atoms with E-state index in [-0.39, 0.29) is 35.1 Å². The molecule has 3 heterocycles. The van der Waals surface area contributed by atoms with Crippen LogP contribution in [0.2, 0.25) is 10.0 Å². The number of benzene rings is 3. The van der Waals surface area contributed by atoms with Crippen LogP contribution in [-0.2, 0) is 14.4 Å². The maximum absolute atomic E-state index is 14.2. The van der Waals surface area contributed by atoms with Crippen LogP contribution >= 0.6 is 23.2 Å². The summed E-state index contributed by atoms with van der Waals surface area (Å²) < 4.78 is 10.7. The molecule has 0 aromatic heterocycles. The Bertz CT molecular complexity index is 1840. The van der Waals surface area contributed by atoms with Crippen molar-refractivity contribution in [2.24, 2.45) is 21.4 Å². The van der Waals surface area contributed by atoms with Crippen molar-refractivity contribution in [3.05, 3.63) is 93.5 Å². The average molecular weight is 674 g/mol. The van der Waals surface area contributed by atoms with Crippen molar-refractivity contribution in [2.75, 3.05) is 25.7 Å². The fourth-order valence-corrected chi connectivity index (χ4v) is 7.20. The van der Waals surface area contributed by atoms with Crippen molar-refractivity contribution in [2.45, 2.75) is 37.4 Å². The van der Waals surface area contributed by atoms with Crippen molar-refractivity contribution < 1.29 is 23.9 Å². The molecule has 0 spiro atoms. The molecule has 0 bridgehead atoms. The van der Waals surface area contributed by atoms with Crippen molar-refractivity contribution in [1.29, 1.82) is 0 Å². The van der Waals surface area contributed by atoms with Gasteiger partial charge in [0.2, 0.25) is 0 Å². The van der Waals surface area contributed by atoms with Crippen LogP contribution in [0.5, 0.6) is 11.5 Å². The summed E-state index contributed by atoms with van der Waals surface area (Å²) in [6.07, 6.45) is 4.71. The summed E-state index contributed by atoms with van der Waals surface area (Å²) in [6, 6.07) is 17.4. The number of amides is 3. The Kier molecular flexibility index (Phi) is 8.19. The van der Waals surface area contributed by atoms with E-state index in [2.05, 4.69) is 16.4 Å². The predicted octanol–water partition coefficient (Wildman–Crippen LogP) is 6.13. The lowest BCUT2D eigenvalue weighted by molar-refractivity contribution is -0.136. The van der Waals surface area contributed by atoms with Gasteiger partial charge in [-0.15, -0.1) is 0 Å². The van der Waals surface area contributed by atoms with E-state index in [1.165, 1.54) is 22.2 Å². The summed E-state index contributed by atoms with van der Waals surface area (Å²) in [5, 5.41) is 16.4. The molecule has 4 unspecified atom stereocenters. The molecular formula is C34H30Cl2N6O5. The number of anilines is 1. The zero-order chi connectivity index (χ0) is 32.8. The molecule has 3 aromatic rings. The second-order valence-electron chi connectivity index (χ2n) is 11.7. The first-order chi connectivity index (χ1) is 22.8. The van der Waals surface area contributed by atoms with Crippen molar-refractivity contribution >= 4 is 58.4 Å². The summed E-state index contributed by atoms with van der Waals surface area (Å²) in [6.45, 7) is -0.306. The van der Waals surface area contributed by atoms with Crippen LogP contribution in [0.1, 0.15) is 36.4 Å². The van der Waals surface area contributed by atoms with Crippen LogP contribution in [0, 0.1) is 5.92 Å². The van der Waals surface area contributed by atoms with Gasteiger partial charge >= 0.3 is 0 Å². The maximum atomic E-state index is 14.2. The fraction of sp³-hybridized carbons (Fsp3) is 0.294. The summed E-state index contributed by atoms with van der Waals surface area (Å²) in [5.41, 5.74) is 4.04. The van der Waals surface area contributed by atoms with E-state index in [1.54, 1.807) is 20.3 Å². The van der Waals surface area contributed by atoms with Crippen molar-refractivity contribution in [1.82, 2.24) is 10.0 Å². The number of imide groups is 1. The van der Waals surface area contributed by atoms with E-state index in [4.69, 9.17) is 37.8 Å². The number of hydrazone groups is 1. The van der Waals surface area contributed by atoms with E-state index in [0.29, 0.717) is 10.8 Å². The van der Waals surface area contributed by atoms with Gasteiger partial charge in [-0.1, -0.05) is 52.7 Å². The van der Waals surface area contributed by atoms with E-state index in [0.717, 1.165) is 52.3 Å². The maximum Gasteiger partial charge on any atom is 0.264 e. The Labute approximate surface area is 281 Å². The van der Waals surface area contributed by atoms with Gasteiger partial charge < -0.3 is 9.47 Å². The molecule has 1 aliphatic carbocycles. The normalized spacial score (nSPS) is 24.1. The number of carbonyl (C=O) groups excluding carboxylic acids is 3. The zero-order valence-electron chi connectivity index (χ0n) is 25.5. The van der Waals surface area contributed by atoms with Crippen LogP contribution in [-0.4, -0.2) is 66.3 Å². The Hall–Kier alpha value is -4.74. The SMILES string of the molecule is COc1ccc(/C=C2\CCCC3C2=NN(C(=O)CN2N=NC4C(=O)N(c5ccc(Cl)cc5Cl)C(=O)C42)C3c2ccc(OC)cc2)cc1. The van der Waals surface area contributed by atoms with Gasteiger partial charge in [0.25, 0.3) is 17.7 Å². The largest absolute Gasteiger partial charge is 0.497 e. The Morgan fingerprint density at radius 1 is 0.936 bits per heavy atom. The molecule has 3 amide bonds. The van der Waals surface area contributed by atoms with Crippen molar-refractivity contribution in [3.8, 4) is 11.5 Å². The van der Waals surface area contributed by atoms with E-state index in [9.17, 15) is 14.4 Å². The monoisotopic (exact) mass is 672 g/mol. The third kappa shape index (κ3) is 5.53. The molecule has 4 atom stereocenters. The Morgan fingerprint density at radius 2 is 1.64 bits per heavy atom. The third-order valence-corrected chi connectivity index (χ3v) is 9.51. The number of nitrogens with zero attached hydrogens (tertiary/aromatic N) is 6. The fourth-order valence-electron chi connectivity index (χ4n) is 6.71. The number of hydrogen-bond acceptors (Lipinski definition) is 9. The van der Waals surface area contributed by atoms with Crippen LogP contribution in [0.3, 0.4) is 0 Å². The van der Waals surface area contributed by atoms with Gasteiger partial charge in [-0.05, 0) is 84.5 Å². The third-order valence-electron chi connectivity index (χ3n) is 8.98. The van der Waals surface area contributed by atoms with Crippen LogP contribution in [0.15, 0.2) is 87.7 Å². The van der Waals surface area contributed by atoms with Gasteiger partial charge in [0.1, 0.15) is 18.0 Å². The second-order valence-corrected chi connectivity index (χ2v) is 12.5. The van der Waals surface area contributed by atoms with Gasteiger partial charge in [-0.3, -0.25) is 19.4 Å². The van der Waals surface area contributed by atoms with Gasteiger partial charge in [-0.25, -0.2) is 9.91 Å². The van der Waals surface area contributed by atoms with E-state index < -0.39 is 23.9 Å². The summed E-state index contributed by atoms with van der Waals surface area (Å²) >= 11 is 12.4. The van der Waals surface area contributed by atoms with Gasteiger partial charge in [-0.2, -0.15) is 10.2 Å². The first-order valence-corrected chi connectivity index (χ1v) is 15.9. The second kappa shape index (κ2) is 12.5. The number of allylic oxidation sites excluding steroid dienone is 1. The molecule has 3 aromatic carbocycles. The minimum Gasteiger partial charge on any atom is -0.497 e. The van der Waals surface area contributed by atoms with Crippen molar-refractivity contribution in [3.63, 3.8) is 0 Å². The molecule has 47 heavy (non-hydrogen) atoms. The molecule has 240 valence electrons. The highest BCUT2D eigenvalue weighted by Gasteiger charge is 2.56. The average Bonchev–Trinajstić information content (AvgIpc) is 3.75. The zero-order valence-corrected chi connectivity index (χ0v) is 27.1. The number of fused-ring (bicyclic) bond motifs is 2. The molecule has 3 aliphatic heterocycles. The van der Waals surface area contributed by atoms with Gasteiger partial charge in [0.15, 0.2) is 12.1 Å². The molecule has 11 nitrogen and oxygen atoms in total. The molecular weight excluding hydrogens is 643 g/mol. The number of halogens is 2. The smallest absolute Gasteiger partial charge is 0.264 e. The van der Waals surface area contributed by atoms with E-state index in [1.807, 2.05) is 48.5 Å².